The summed E-state index contributed by atoms with van der Waals surface area (Å²) in [6.07, 6.45) is 7.30. The summed E-state index contributed by atoms with van der Waals surface area (Å²) in [6, 6.07) is 0.428. The normalized spacial score (nSPS) is 15.1. The molecule has 7 heteroatoms. The molecule has 3 aromatic rings. The van der Waals surface area contributed by atoms with Crippen LogP contribution in [0.15, 0.2) is 23.5 Å². The molecule has 0 unspecified atom stereocenters. The Hall–Kier alpha value is -2.02. The van der Waals surface area contributed by atoms with Gasteiger partial charge in [-0.15, -0.1) is 11.3 Å². The second-order valence-corrected chi connectivity index (χ2v) is 6.42. The van der Waals surface area contributed by atoms with Crippen LogP contribution in [-0.4, -0.2) is 24.3 Å². The summed E-state index contributed by atoms with van der Waals surface area (Å²) < 4.78 is 3.47. The summed E-state index contributed by atoms with van der Waals surface area (Å²) in [4.78, 5) is 22.3. The lowest BCUT2D eigenvalue weighted by Crippen LogP contribution is -2.21. The van der Waals surface area contributed by atoms with Crippen LogP contribution in [0.25, 0.3) is 11.0 Å². The molecule has 3 aromatic heterocycles. The zero-order chi connectivity index (χ0) is 13.7. The minimum atomic E-state index is -0.0465. The van der Waals surface area contributed by atoms with Gasteiger partial charge in [0.2, 0.25) is 0 Å². The maximum Gasteiger partial charge on any atom is 0.264 e. The van der Waals surface area contributed by atoms with Gasteiger partial charge in [-0.2, -0.15) is 5.10 Å². The third-order valence-corrected chi connectivity index (χ3v) is 4.34. The largest absolute Gasteiger partial charge is 0.292 e. The van der Waals surface area contributed by atoms with Gasteiger partial charge >= 0.3 is 0 Å². The molecule has 20 heavy (non-hydrogen) atoms. The van der Waals surface area contributed by atoms with Crippen molar-refractivity contribution in [3.8, 4) is 0 Å². The average molecular weight is 287 g/mol. The van der Waals surface area contributed by atoms with Crippen LogP contribution >= 0.6 is 11.3 Å². The Balaban J connectivity index is 1.77. The minimum absolute atomic E-state index is 0.0465. The fourth-order valence-electron chi connectivity index (χ4n) is 2.29. The van der Waals surface area contributed by atoms with Crippen LogP contribution < -0.4 is 5.56 Å². The quantitative estimate of drug-likeness (QED) is 0.736. The first-order valence-electron chi connectivity index (χ1n) is 6.56. The van der Waals surface area contributed by atoms with Gasteiger partial charge in [0.05, 0.1) is 18.8 Å². The molecule has 0 aliphatic heterocycles. The van der Waals surface area contributed by atoms with Crippen molar-refractivity contribution in [2.24, 2.45) is 0 Å². The molecule has 0 bridgehead atoms. The van der Waals surface area contributed by atoms with E-state index < -0.39 is 0 Å². The molecule has 0 spiro atoms. The number of hydrogen-bond donors (Lipinski definition) is 0. The van der Waals surface area contributed by atoms with E-state index in [0.717, 1.165) is 22.7 Å². The molecule has 6 nitrogen and oxygen atoms in total. The monoisotopic (exact) mass is 287 g/mol. The van der Waals surface area contributed by atoms with E-state index in [1.165, 1.54) is 0 Å². The Bertz CT molecular complexity index is 842. The molecule has 102 valence electrons. The van der Waals surface area contributed by atoms with Crippen LogP contribution in [0.1, 0.15) is 28.8 Å². The molecular weight excluding hydrogens is 274 g/mol. The van der Waals surface area contributed by atoms with Gasteiger partial charge in [-0.25, -0.2) is 14.6 Å². The van der Waals surface area contributed by atoms with Crippen molar-refractivity contribution in [3.63, 3.8) is 0 Å². The number of rotatable bonds is 3. The van der Waals surface area contributed by atoms with Crippen molar-refractivity contribution in [3.05, 3.63) is 39.0 Å². The first-order chi connectivity index (χ1) is 9.72. The van der Waals surface area contributed by atoms with Crippen LogP contribution in [0.2, 0.25) is 0 Å². The van der Waals surface area contributed by atoms with Gasteiger partial charge in [-0.1, -0.05) is 0 Å². The highest BCUT2D eigenvalue weighted by atomic mass is 32.1. The molecule has 1 fully saturated rings. The lowest BCUT2D eigenvalue weighted by atomic mass is 10.4. The van der Waals surface area contributed by atoms with Crippen LogP contribution in [0.5, 0.6) is 0 Å². The fraction of sp³-hybridized carbons (Fsp3) is 0.385. The zero-order valence-corrected chi connectivity index (χ0v) is 11.8. The Morgan fingerprint density at radius 3 is 2.90 bits per heavy atom. The average Bonchev–Trinajstić information content (AvgIpc) is 3.05. The van der Waals surface area contributed by atoms with Crippen LogP contribution in [0.3, 0.4) is 0 Å². The number of thiazole rings is 1. The molecule has 1 saturated carbocycles. The zero-order valence-electron chi connectivity index (χ0n) is 11.0. The highest BCUT2D eigenvalue weighted by Crippen LogP contribution is 2.35. The molecule has 0 saturated heterocycles. The summed E-state index contributed by atoms with van der Waals surface area (Å²) in [5, 5.41) is 5.81. The Kier molecular flexibility index (Phi) is 2.50. The summed E-state index contributed by atoms with van der Waals surface area (Å²) >= 11 is 1.60. The van der Waals surface area contributed by atoms with Crippen molar-refractivity contribution >= 4 is 22.4 Å². The van der Waals surface area contributed by atoms with E-state index in [0.29, 0.717) is 23.6 Å². The maximum atomic E-state index is 12.4. The van der Waals surface area contributed by atoms with E-state index >= 15 is 0 Å². The molecule has 4 rings (SSSR count). The lowest BCUT2D eigenvalue weighted by molar-refractivity contribution is 0.654. The topological polar surface area (TPSA) is 65.6 Å². The first kappa shape index (κ1) is 11.8. The van der Waals surface area contributed by atoms with E-state index in [1.54, 1.807) is 28.4 Å². The van der Waals surface area contributed by atoms with Gasteiger partial charge < -0.3 is 0 Å². The summed E-state index contributed by atoms with van der Waals surface area (Å²) in [5.41, 5.74) is 0.652. The number of hydrogen-bond acceptors (Lipinski definition) is 5. The highest BCUT2D eigenvalue weighted by Gasteiger charge is 2.27. The SMILES string of the molecule is Cc1cnc(Cn2cnc3c(cnn3C3CC3)c2=O)s1. The third kappa shape index (κ3) is 1.85. The molecule has 0 atom stereocenters. The van der Waals surface area contributed by atoms with E-state index in [1.807, 2.05) is 17.8 Å². The molecular formula is C13H13N5OS. The smallest absolute Gasteiger partial charge is 0.264 e. The van der Waals surface area contributed by atoms with Crippen molar-refractivity contribution in [1.29, 1.82) is 0 Å². The standard InChI is InChI=1S/C13H13N5OS/c1-8-4-14-11(20-8)6-17-7-15-12-10(13(17)19)5-16-18(12)9-2-3-9/h4-5,7,9H,2-3,6H2,1H3. The summed E-state index contributed by atoms with van der Waals surface area (Å²) in [5.74, 6) is 0. The Morgan fingerprint density at radius 1 is 1.35 bits per heavy atom. The predicted molar refractivity (Wildman–Crippen MR) is 76.0 cm³/mol. The molecule has 1 aliphatic rings. The first-order valence-corrected chi connectivity index (χ1v) is 7.38. The van der Waals surface area contributed by atoms with Gasteiger partial charge in [0.25, 0.3) is 5.56 Å². The molecule has 0 aromatic carbocycles. The second kappa shape index (κ2) is 4.24. The molecule has 1 aliphatic carbocycles. The Labute approximate surface area is 118 Å². The van der Waals surface area contributed by atoms with E-state index in [9.17, 15) is 4.79 Å². The third-order valence-electron chi connectivity index (χ3n) is 3.45. The summed E-state index contributed by atoms with van der Waals surface area (Å²) in [6.45, 7) is 2.47. The number of aryl methyl sites for hydroxylation is 1. The second-order valence-electron chi connectivity index (χ2n) is 5.10. The van der Waals surface area contributed by atoms with Crippen molar-refractivity contribution < 1.29 is 0 Å². The molecule has 0 radical (unpaired) electrons. The summed E-state index contributed by atoms with van der Waals surface area (Å²) in [7, 11) is 0. The fourth-order valence-corrected chi connectivity index (χ4v) is 3.07. The van der Waals surface area contributed by atoms with Crippen molar-refractivity contribution in [2.75, 3.05) is 0 Å². The number of nitrogens with zero attached hydrogens (tertiary/aromatic N) is 5. The van der Waals surface area contributed by atoms with Crippen LogP contribution in [-0.2, 0) is 6.54 Å². The van der Waals surface area contributed by atoms with Gasteiger partial charge in [0, 0.05) is 11.1 Å². The lowest BCUT2D eigenvalue weighted by Gasteiger charge is -2.03. The van der Waals surface area contributed by atoms with Gasteiger partial charge in [-0.3, -0.25) is 9.36 Å². The van der Waals surface area contributed by atoms with E-state index in [2.05, 4.69) is 15.1 Å². The van der Waals surface area contributed by atoms with Crippen molar-refractivity contribution in [1.82, 2.24) is 24.3 Å². The van der Waals surface area contributed by atoms with Crippen LogP contribution in [0.4, 0.5) is 0 Å². The van der Waals surface area contributed by atoms with E-state index in [4.69, 9.17) is 0 Å². The highest BCUT2D eigenvalue weighted by molar-refractivity contribution is 7.11. The number of fused-ring (bicyclic) bond motifs is 1. The van der Waals surface area contributed by atoms with E-state index in [-0.39, 0.29) is 5.56 Å². The predicted octanol–water partition coefficient (Wildman–Crippen LogP) is 1.74. The minimum Gasteiger partial charge on any atom is -0.292 e. The van der Waals surface area contributed by atoms with Gasteiger partial charge in [0.15, 0.2) is 5.65 Å². The Morgan fingerprint density at radius 2 is 2.20 bits per heavy atom. The van der Waals surface area contributed by atoms with Crippen LogP contribution in [0, 0.1) is 6.92 Å². The maximum absolute atomic E-state index is 12.4. The number of aromatic nitrogens is 5. The molecule has 3 heterocycles. The molecule has 0 N–H and O–H groups in total. The van der Waals surface area contributed by atoms with Gasteiger partial charge in [-0.05, 0) is 19.8 Å². The van der Waals surface area contributed by atoms with Gasteiger partial charge in [0.1, 0.15) is 16.7 Å². The van der Waals surface area contributed by atoms with Crippen molar-refractivity contribution in [2.45, 2.75) is 32.4 Å². The molecule has 0 amide bonds.